The Morgan fingerprint density at radius 2 is 2.33 bits per heavy atom. The van der Waals surface area contributed by atoms with Crippen LogP contribution in [-0.2, 0) is 4.79 Å². The number of nitrogens with zero attached hydrogens (tertiary/aromatic N) is 1. The van der Waals surface area contributed by atoms with E-state index in [2.05, 4.69) is 0 Å². The third-order valence-corrected chi connectivity index (χ3v) is 1.78. The molecule has 0 unspecified atom stereocenters. The van der Waals surface area contributed by atoms with Crippen LogP contribution in [0.15, 0.2) is 23.6 Å². The zero-order valence-electron chi connectivity index (χ0n) is 6.82. The molecule has 0 saturated heterocycles. The summed E-state index contributed by atoms with van der Waals surface area (Å²) in [5.74, 6) is -0.806. The maximum Gasteiger partial charge on any atom is 0.333 e. The predicted octanol–water partition coefficient (Wildman–Crippen LogP) is 0.732. The summed E-state index contributed by atoms with van der Waals surface area (Å²) in [7, 11) is 0. The summed E-state index contributed by atoms with van der Waals surface area (Å²) in [6, 6.07) is 0. The van der Waals surface area contributed by atoms with Gasteiger partial charge in [0.25, 0.3) is 0 Å². The molecule has 0 aliphatic carbocycles. The molecule has 0 spiro atoms. The quantitative estimate of drug-likeness (QED) is 0.639. The van der Waals surface area contributed by atoms with Gasteiger partial charge in [-0.1, -0.05) is 0 Å². The zero-order chi connectivity index (χ0) is 9.14. The second kappa shape index (κ2) is 3.30. The first-order chi connectivity index (χ1) is 5.65. The van der Waals surface area contributed by atoms with E-state index in [1.807, 2.05) is 6.92 Å². The van der Waals surface area contributed by atoms with E-state index < -0.39 is 5.97 Å². The van der Waals surface area contributed by atoms with Crippen molar-refractivity contribution in [2.75, 3.05) is 13.1 Å². The third-order valence-electron chi connectivity index (χ3n) is 1.78. The molecule has 4 nitrogen and oxygen atoms in total. The molecule has 0 saturated carbocycles. The van der Waals surface area contributed by atoms with E-state index >= 15 is 0 Å². The number of carboxylic acids is 1. The smallest absolute Gasteiger partial charge is 0.333 e. The highest BCUT2D eigenvalue weighted by Gasteiger charge is 2.16. The van der Waals surface area contributed by atoms with Crippen LogP contribution in [0.5, 0.6) is 0 Å². The first-order valence-corrected chi connectivity index (χ1v) is 3.73. The van der Waals surface area contributed by atoms with Crippen LogP contribution >= 0.6 is 0 Å². The number of carbonyl (C=O) groups is 1. The lowest BCUT2D eigenvalue weighted by atomic mass is 10.2. The van der Waals surface area contributed by atoms with Crippen molar-refractivity contribution in [2.45, 2.75) is 6.92 Å². The number of hydrogen-bond acceptors (Lipinski definition) is 3. The Bertz CT molecular complexity index is 255. The second-order valence-electron chi connectivity index (χ2n) is 2.54. The minimum Gasteiger partial charge on any atom is -0.495 e. The first-order valence-electron chi connectivity index (χ1n) is 3.73. The normalized spacial score (nSPS) is 16.9. The Hall–Kier alpha value is -1.45. The Labute approximate surface area is 70.4 Å². The maximum absolute atomic E-state index is 10.5. The van der Waals surface area contributed by atoms with Crippen molar-refractivity contribution in [1.82, 2.24) is 4.90 Å². The Morgan fingerprint density at radius 1 is 1.67 bits per heavy atom. The number of aliphatic carboxylic acids is 1. The number of carboxylic acid groups (broad SMARTS) is 1. The summed E-state index contributed by atoms with van der Waals surface area (Å²) in [5, 5.41) is 17.8. The lowest BCUT2D eigenvalue weighted by Gasteiger charge is -2.24. The number of hydrogen-bond donors (Lipinski definition) is 2. The van der Waals surface area contributed by atoms with E-state index in [1.54, 1.807) is 4.90 Å². The summed E-state index contributed by atoms with van der Waals surface area (Å²) in [4.78, 5) is 12.1. The summed E-state index contributed by atoms with van der Waals surface area (Å²) < 4.78 is 0. The first kappa shape index (κ1) is 8.64. The van der Waals surface area contributed by atoms with Crippen LogP contribution in [0.4, 0.5) is 0 Å². The highest BCUT2D eigenvalue weighted by Crippen LogP contribution is 2.11. The molecule has 0 radical (unpaired) electrons. The molecular weight excluding hydrogens is 158 g/mol. The number of rotatable bonds is 2. The van der Waals surface area contributed by atoms with Crippen molar-refractivity contribution < 1.29 is 15.0 Å². The molecule has 12 heavy (non-hydrogen) atoms. The van der Waals surface area contributed by atoms with Crippen molar-refractivity contribution in [2.24, 2.45) is 0 Å². The molecule has 0 fully saturated rings. The van der Waals surface area contributed by atoms with Gasteiger partial charge in [0.05, 0.1) is 12.1 Å². The molecule has 0 aromatic heterocycles. The maximum atomic E-state index is 10.5. The lowest BCUT2D eigenvalue weighted by Crippen LogP contribution is -2.29. The Kier molecular flexibility index (Phi) is 2.38. The largest absolute Gasteiger partial charge is 0.495 e. The van der Waals surface area contributed by atoms with Crippen molar-refractivity contribution in [1.29, 1.82) is 0 Å². The van der Waals surface area contributed by atoms with Crippen molar-refractivity contribution in [3.8, 4) is 0 Å². The van der Waals surface area contributed by atoms with Gasteiger partial charge in [-0.25, -0.2) is 4.79 Å². The molecule has 1 aliphatic heterocycles. The molecule has 1 heterocycles. The van der Waals surface area contributed by atoms with Gasteiger partial charge in [-0.3, -0.25) is 0 Å². The predicted molar refractivity (Wildman–Crippen MR) is 43.7 cm³/mol. The van der Waals surface area contributed by atoms with E-state index in [0.717, 1.165) is 0 Å². The summed E-state index contributed by atoms with van der Waals surface area (Å²) >= 11 is 0. The number of aliphatic hydroxyl groups excluding tert-OH is 1. The van der Waals surface area contributed by atoms with Crippen LogP contribution < -0.4 is 0 Å². The summed E-state index contributed by atoms with van der Waals surface area (Å²) in [6.45, 7) is 2.73. The van der Waals surface area contributed by atoms with Crippen LogP contribution in [0, 0.1) is 0 Å². The molecule has 0 atom stereocenters. The second-order valence-corrected chi connectivity index (χ2v) is 2.54. The SMILES string of the molecule is CCN1CC(C(=O)O)=CC=C1O. The zero-order valence-corrected chi connectivity index (χ0v) is 6.82. The van der Waals surface area contributed by atoms with Gasteiger partial charge in [0.15, 0.2) is 5.88 Å². The minimum absolute atomic E-state index is 0.127. The molecule has 4 heteroatoms. The van der Waals surface area contributed by atoms with E-state index in [4.69, 9.17) is 5.11 Å². The van der Waals surface area contributed by atoms with E-state index in [9.17, 15) is 9.90 Å². The fourth-order valence-corrected chi connectivity index (χ4v) is 1.03. The molecule has 2 N–H and O–H groups in total. The van der Waals surface area contributed by atoms with Crippen molar-refractivity contribution >= 4 is 5.97 Å². The third kappa shape index (κ3) is 1.58. The average Bonchev–Trinajstić information content (AvgIpc) is 2.05. The fourth-order valence-electron chi connectivity index (χ4n) is 1.03. The van der Waals surface area contributed by atoms with Gasteiger partial charge in [-0.05, 0) is 19.1 Å². The lowest BCUT2D eigenvalue weighted by molar-refractivity contribution is -0.132. The van der Waals surface area contributed by atoms with Gasteiger partial charge in [0.1, 0.15) is 0 Å². The van der Waals surface area contributed by atoms with Crippen molar-refractivity contribution in [3.05, 3.63) is 23.6 Å². The van der Waals surface area contributed by atoms with E-state index in [-0.39, 0.29) is 12.4 Å². The van der Waals surface area contributed by atoms with Gasteiger partial charge >= 0.3 is 5.97 Å². The number of aliphatic hydroxyl groups is 1. The van der Waals surface area contributed by atoms with E-state index in [1.165, 1.54) is 12.2 Å². The van der Waals surface area contributed by atoms with Crippen LogP contribution in [0.2, 0.25) is 0 Å². The van der Waals surface area contributed by atoms with Crippen molar-refractivity contribution in [3.63, 3.8) is 0 Å². The Morgan fingerprint density at radius 3 is 2.83 bits per heavy atom. The molecular formula is C8H11NO3. The molecule has 0 aromatic carbocycles. The van der Waals surface area contributed by atoms with Gasteiger partial charge in [0.2, 0.25) is 0 Å². The molecule has 0 amide bonds. The molecule has 66 valence electrons. The number of allylic oxidation sites excluding steroid dienone is 2. The topological polar surface area (TPSA) is 60.8 Å². The van der Waals surface area contributed by atoms with Crippen LogP contribution in [0.3, 0.4) is 0 Å². The van der Waals surface area contributed by atoms with Crippen LogP contribution in [0.1, 0.15) is 6.92 Å². The van der Waals surface area contributed by atoms with Gasteiger partial charge < -0.3 is 15.1 Å². The highest BCUT2D eigenvalue weighted by molar-refractivity contribution is 5.87. The van der Waals surface area contributed by atoms with Gasteiger partial charge in [-0.2, -0.15) is 0 Å². The van der Waals surface area contributed by atoms with E-state index in [0.29, 0.717) is 12.1 Å². The highest BCUT2D eigenvalue weighted by atomic mass is 16.4. The molecule has 1 aliphatic rings. The summed E-state index contributed by atoms with van der Waals surface area (Å²) in [6.07, 6.45) is 2.82. The average molecular weight is 169 g/mol. The standard InChI is InChI=1S/C8H11NO3/c1-2-9-5-6(8(11)12)3-4-7(9)10/h3-4,10H,2,5H2,1H3,(H,11,12). The molecule has 0 aromatic rings. The molecule has 0 bridgehead atoms. The fraction of sp³-hybridized carbons (Fsp3) is 0.375. The summed E-state index contributed by atoms with van der Waals surface area (Å²) in [5.41, 5.74) is 0.301. The van der Waals surface area contributed by atoms with Crippen LogP contribution in [-0.4, -0.2) is 34.2 Å². The monoisotopic (exact) mass is 169 g/mol. The Balaban J connectivity index is 2.79. The minimum atomic E-state index is -0.933. The number of likely N-dealkylation sites (N-methyl/N-ethyl adjacent to an activating group) is 1. The van der Waals surface area contributed by atoms with Crippen LogP contribution in [0.25, 0.3) is 0 Å². The van der Waals surface area contributed by atoms with Gasteiger partial charge in [0, 0.05) is 6.54 Å². The molecule has 1 rings (SSSR count). The van der Waals surface area contributed by atoms with Gasteiger partial charge in [-0.15, -0.1) is 0 Å².